The van der Waals surface area contributed by atoms with Crippen LogP contribution >= 0.6 is 0 Å². The molecule has 10 nitrogen and oxygen atoms in total. The van der Waals surface area contributed by atoms with Crippen molar-refractivity contribution in [1.82, 2.24) is 29.5 Å². The van der Waals surface area contributed by atoms with Crippen LogP contribution in [0.3, 0.4) is 0 Å². The van der Waals surface area contributed by atoms with Gasteiger partial charge in [-0.3, -0.25) is 9.59 Å². The van der Waals surface area contributed by atoms with Crippen LogP contribution in [0.1, 0.15) is 30.6 Å². The summed E-state index contributed by atoms with van der Waals surface area (Å²) in [4.78, 5) is 36.3. The molecule has 1 atom stereocenters. The molecule has 3 N–H and O–H groups in total. The fourth-order valence-corrected chi connectivity index (χ4v) is 3.96. The first-order valence-electron chi connectivity index (χ1n) is 11.3. The van der Waals surface area contributed by atoms with Crippen LogP contribution in [-0.2, 0) is 9.59 Å². The number of hydrogen-bond donors (Lipinski definition) is 2. The number of nitrogens with zero attached hydrogens (tertiary/aromatic N) is 6. The summed E-state index contributed by atoms with van der Waals surface area (Å²) >= 11 is 0. The second kappa shape index (κ2) is 10.4. The summed E-state index contributed by atoms with van der Waals surface area (Å²) < 4.78 is 1.81. The van der Waals surface area contributed by atoms with E-state index in [-0.39, 0.29) is 17.9 Å². The number of nitrogens with one attached hydrogen (secondary N) is 1. The van der Waals surface area contributed by atoms with Crippen molar-refractivity contribution in [2.75, 3.05) is 44.8 Å². The minimum atomic E-state index is -0.151. The van der Waals surface area contributed by atoms with Crippen molar-refractivity contribution < 1.29 is 9.59 Å². The van der Waals surface area contributed by atoms with E-state index in [2.05, 4.69) is 27.1 Å². The van der Waals surface area contributed by atoms with Crippen molar-refractivity contribution in [2.45, 2.75) is 19.4 Å². The minimum Gasteiger partial charge on any atom is -0.383 e. The second-order valence-electron chi connectivity index (χ2n) is 8.65. The number of benzene rings is 1. The molecule has 35 heavy (non-hydrogen) atoms. The number of likely N-dealkylation sites (N-methyl/N-ethyl adjacent to an activating group) is 1. The number of nitrogen functional groups attached to an aromatic ring is 1. The molecule has 1 unspecified atom stereocenters. The first-order valence-corrected chi connectivity index (χ1v) is 11.3. The molecule has 1 fully saturated rings. The lowest BCUT2D eigenvalue weighted by Crippen LogP contribution is -2.28. The highest BCUT2D eigenvalue weighted by molar-refractivity contribution is 5.91. The summed E-state index contributed by atoms with van der Waals surface area (Å²) in [6, 6.07) is 7.21. The Hall–Kier alpha value is -4.23. The van der Waals surface area contributed by atoms with Crippen molar-refractivity contribution in [1.29, 1.82) is 0 Å². The van der Waals surface area contributed by atoms with Crippen molar-refractivity contribution in [3.63, 3.8) is 0 Å². The predicted octanol–water partition coefficient (Wildman–Crippen LogP) is 1.66. The van der Waals surface area contributed by atoms with Gasteiger partial charge < -0.3 is 20.9 Å². The zero-order valence-corrected chi connectivity index (χ0v) is 20.0. The van der Waals surface area contributed by atoms with E-state index in [0.717, 1.165) is 12.0 Å². The Morgan fingerprint density at radius 2 is 2.11 bits per heavy atom. The van der Waals surface area contributed by atoms with Gasteiger partial charge in [0, 0.05) is 43.9 Å². The normalized spacial score (nSPS) is 15.5. The molecule has 1 aliphatic heterocycles. The van der Waals surface area contributed by atoms with E-state index in [0.29, 0.717) is 47.9 Å². The molecule has 3 aromatic rings. The van der Waals surface area contributed by atoms with Gasteiger partial charge in [-0.1, -0.05) is 18.1 Å². The molecule has 0 bridgehead atoms. The number of aromatic nitrogens is 4. The second-order valence-corrected chi connectivity index (χ2v) is 8.65. The first-order chi connectivity index (χ1) is 16.8. The molecular formula is C25H28N8O2. The quantitative estimate of drug-likeness (QED) is 0.428. The van der Waals surface area contributed by atoms with Crippen LogP contribution in [0.5, 0.6) is 0 Å². The molecule has 0 spiro atoms. The van der Waals surface area contributed by atoms with Crippen molar-refractivity contribution >= 4 is 34.4 Å². The summed E-state index contributed by atoms with van der Waals surface area (Å²) in [5.74, 6) is 6.32. The monoisotopic (exact) mass is 472 g/mol. The number of carbonyl (C=O) groups excluding carboxylic acids is 2. The van der Waals surface area contributed by atoms with Gasteiger partial charge in [-0.15, -0.1) is 0 Å². The van der Waals surface area contributed by atoms with Crippen LogP contribution in [0.2, 0.25) is 0 Å². The van der Waals surface area contributed by atoms with Gasteiger partial charge in [0.1, 0.15) is 17.8 Å². The van der Waals surface area contributed by atoms with Crippen molar-refractivity contribution in [3.8, 4) is 11.8 Å². The Kier molecular flexibility index (Phi) is 7.08. The first kappa shape index (κ1) is 23.9. The van der Waals surface area contributed by atoms with E-state index in [1.807, 2.05) is 46.8 Å². The standard InChI is InChI=1S/C25H28N8O2/c1-17(34)29-19-7-4-6-18(14-19)9-10-21-23-24(26)27-16-28-25(23)33(30-21)20-11-13-32(15-20)22(35)8-5-12-31(2)3/h4-8,14,16,20H,11-13,15H2,1-3H3,(H,29,34)(H2,26,27,28)/b8-5+. The molecule has 10 heteroatoms. The third-order valence-electron chi connectivity index (χ3n) is 5.58. The predicted molar refractivity (Wildman–Crippen MR) is 134 cm³/mol. The molecule has 0 radical (unpaired) electrons. The third-order valence-corrected chi connectivity index (χ3v) is 5.58. The van der Waals surface area contributed by atoms with Crippen LogP contribution in [-0.4, -0.2) is 75.1 Å². The lowest BCUT2D eigenvalue weighted by Gasteiger charge is -2.15. The number of anilines is 2. The topological polar surface area (TPSA) is 122 Å². The average molecular weight is 473 g/mol. The van der Waals surface area contributed by atoms with E-state index >= 15 is 0 Å². The number of rotatable bonds is 5. The van der Waals surface area contributed by atoms with Gasteiger partial charge in [0.15, 0.2) is 5.65 Å². The fourth-order valence-electron chi connectivity index (χ4n) is 3.96. The zero-order valence-electron chi connectivity index (χ0n) is 20.0. The highest BCUT2D eigenvalue weighted by Crippen LogP contribution is 2.28. The average Bonchev–Trinajstić information content (AvgIpc) is 3.43. The van der Waals surface area contributed by atoms with E-state index in [9.17, 15) is 9.59 Å². The fraction of sp³-hybridized carbons (Fsp3) is 0.320. The summed E-state index contributed by atoms with van der Waals surface area (Å²) in [5, 5.41) is 8.07. The number of fused-ring (bicyclic) bond motifs is 1. The van der Waals surface area contributed by atoms with Crippen molar-refractivity contribution in [2.24, 2.45) is 0 Å². The van der Waals surface area contributed by atoms with Gasteiger partial charge in [0.25, 0.3) is 0 Å². The number of amides is 2. The Balaban J connectivity index is 1.60. The Morgan fingerprint density at radius 1 is 1.29 bits per heavy atom. The van der Waals surface area contributed by atoms with Crippen LogP contribution < -0.4 is 11.1 Å². The lowest BCUT2D eigenvalue weighted by molar-refractivity contribution is -0.125. The Bertz CT molecular complexity index is 1350. The summed E-state index contributed by atoms with van der Waals surface area (Å²) in [7, 11) is 3.91. The van der Waals surface area contributed by atoms with Crippen LogP contribution in [0.4, 0.5) is 11.5 Å². The molecule has 2 aromatic heterocycles. The Morgan fingerprint density at radius 3 is 2.89 bits per heavy atom. The molecule has 1 saturated heterocycles. The number of hydrogen-bond acceptors (Lipinski definition) is 7. The van der Waals surface area contributed by atoms with Gasteiger partial charge in [-0.05, 0) is 44.6 Å². The van der Waals surface area contributed by atoms with Crippen LogP contribution in [0.25, 0.3) is 11.0 Å². The van der Waals surface area contributed by atoms with Crippen molar-refractivity contribution in [3.05, 3.63) is 54.0 Å². The molecule has 180 valence electrons. The van der Waals surface area contributed by atoms with Crippen LogP contribution in [0, 0.1) is 11.8 Å². The minimum absolute atomic E-state index is 0.0148. The molecule has 2 amide bonds. The van der Waals surface area contributed by atoms with Gasteiger partial charge in [0.05, 0.1) is 11.4 Å². The third kappa shape index (κ3) is 5.65. The lowest BCUT2D eigenvalue weighted by atomic mass is 10.2. The number of likely N-dealkylation sites (tertiary alicyclic amines) is 1. The summed E-state index contributed by atoms with van der Waals surface area (Å²) in [6.45, 7) is 3.32. The molecule has 3 heterocycles. The highest BCUT2D eigenvalue weighted by atomic mass is 16.2. The molecule has 0 aliphatic carbocycles. The maximum absolute atomic E-state index is 12.6. The van der Waals surface area contributed by atoms with E-state index in [1.54, 1.807) is 18.2 Å². The summed E-state index contributed by atoms with van der Waals surface area (Å²) in [5.41, 5.74) is 8.62. The number of nitrogens with two attached hydrogens (primary N) is 1. The zero-order chi connectivity index (χ0) is 24.9. The molecule has 1 aliphatic rings. The maximum atomic E-state index is 12.6. The van der Waals surface area contributed by atoms with E-state index in [1.165, 1.54) is 13.3 Å². The van der Waals surface area contributed by atoms with Gasteiger partial charge in [0.2, 0.25) is 11.8 Å². The molecule has 0 saturated carbocycles. The smallest absolute Gasteiger partial charge is 0.246 e. The molecule has 4 rings (SSSR count). The molecule has 1 aromatic carbocycles. The number of carbonyl (C=O) groups is 2. The highest BCUT2D eigenvalue weighted by Gasteiger charge is 2.29. The van der Waals surface area contributed by atoms with Gasteiger partial charge in [-0.2, -0.15) is 5.10 Å². The van der Waals surface area contributed by atoms with Gasteiger partial charge in [-0.25, -0.2) is 14.6 Å². The largest absolute Gasteiger partial charge is 0.383 e. The Labute approximate surface area is 203 Å². The summed E-state index contributed by atoms with van der Waals surface area (Å²) in [6.07, 6.45) is 5.64. The van der Waals surface area contributed by atoms with E-state index in [4.69, 9.17) is 10.8 Å². The molecular weight excluding hydrogens is 444 g/mol. The van der Waals surface area contributed by atoms with E-state index < -0.39 is 0 Å². The van der Waals surface area contributed by atoms with Gasteiger partial charge >= 0.3 is 0 Å². The maximum Gasteiger partial charge on any atom is 0.246 e. The van der Waals surface area contributed by atoms with Crippen LogP contribution in [0.15, 0.2) is 42.7 Å². The SMILES string of the molecule is CC(=O)Nc1cccc(C#Cc2nn(C3CCN(C(=O)/C=C/CN(C)C)C3)c3ncnc(N)c23)c1.